The lowest BCUT2D eigenvalue weighted by Gasteiger charge is -2.05. The smallest absolute Gasteiger partial charge is 0.332 e. The first-order valence-electron chi connectivity index (χ1n) is 7.33. The van der Waals surface area contributed by atoms with Gasteiger partial charge < -0.3 is 14.2 Å². The third-order valence-corrected chi connectivity index (χ3v) is 3.09. The Morgan fingerprint density at radius 3 is 2.25 bits per heavy atom. The number of halogens is 3. The Morgan fingerprint density at radius 2 is 1.71 bits per heavy atom. The molecule has 0 unspecified atom stereocenters. The number of hydrogen-bond donors (Lipinski definition) is 0. The van der Waals surface area contributed by atoms with E-state index in [1.54, 1.807) is 13.8 Å². The molecule has 8 heteroatoms. The van der Waals surface area contributed by atoms with Gasteiger partial charge in [-0.2, -0.15) is 0 Å². The third kappa shape index (κ3) is 11.3. The van der Waals surface area contributed by atoms with Gasteiger partial charge in [-0.1, -0.05) is 22.6 Å². The summed E-state index contributed by atoms with van der Waals surface area (Å²) in [6.07, 6.45) is 0.211. The minimum Gasteiger partial charge on any atom is -0.465 e. The second kappa shape index (κ2) is 14.1. The van der Waals surface area contributed by atoms with E-state index in [-0.39, 0.29) is 31.2 Å². The van der Waals surface area contributed by atoms with Crippen molar-refractivity contribution in [1.29, 1.82) is 0 Å². The molecule has 24 heavy (non-hydrogen) atoms. The summed E-state index contributed by atoms with van der Waals surface area (Å²) in [6.45, 7) is 4.23. The van der Waals surface area contributed by atoms with E-state index in [1.165, 1.54) is 0 Å². The molecule has 0 spiro atoms. The van der Waals surface area contributed by atoms with Crippen LogP contribution in [-0.4, -0.2) is 42.8 Å². The molecule has 0 aliphatic heterocycles. The van der Waals surface area contributed by atoms with Crippen molar-refractivity contribution in [2.45, 2.75) is 20.3 Å². The molecule has 0 saturated heterocycles. The number of hydrogen-bond acceptors (Lipinski definition) is 5. The molecule has 0 saturated carbocycles. The molecule has 0 amide bonds. The van der Waals surface area contributed by atoms with Crippen molar-refractivity contribution in [2.24, 2.45) is 0 Å². The van der Waals surface area contributed by atoms with Crippen LogP contribution in [0.15, 0.2) is 18.2 Å². The molecule has 0 aliphatic carbocycles. The van der Waals surface area contributed by atoms with Crippen molar-refractivity contribution in [3.63, 3.8) is 0 Å². The second-order valence-electron chi connectivity index (χ2n) is 4.28. The Morgan fingerprint density at radius 1 is 1.08 bits per heavy atom. The van der Waals surface area contributed by atoms with E-state index in [4.69, 9.17) is 4.74 Å². The Kier molecular flexibility index (Phi) is 13.3. The summed E-state index contributed by atoms with van der Waals surface area (Å²) in [5.41, 5.74) is 0.230. The highest BCUT2D eigenvalue weighted by Gasteiger charge is 2.05. The molecule has 5 nitrogen and oxygen atoms in total. The summed E-state index contributed by atoms with van der Waals surface area (Å²) < 4.78 is 40.6. The van der Waals surface area contributed by atoms with Gasteiger partial charge in [0.15, 0.2) is 0 Å². The number of ether oxygens (including phenoxy) is 3. The zero-order valence-corrected chi connectivity index (χ0v) is 15.8. The average Bonchev–Trinajstić information content (AvgIpc) is 2.55. The highest BCUT2D eigenvalue weighted by atomic mass is 127. The SMILES string of the molecule is CCOC(=O)CI.CCOC(=O)COCCc1cc(F)ccc1F. The fourth-order valence-corrected chi connectivity index (χ4v) is 1.69. The Balaban J connectivity index is 0.000000640. The average molecular weight is 458 g/mol. The molecule has 0 aromatic heterocycles. The first kappa shape index (κ1) is 22.7. The minimum absolute atomic E-state index is 0.136. The van der Waals surface area contributed by atoms with Crippen molar-refractivity contribution in [1.82, 2.24) is 0 Å². The normalized spacial score (nSPS) is 9.71. The van der Waals surface area contributed by atoms with Crippen LogP contribution in [-0.2, 0) is 30.2 Å². The number of carbonyl (C=O) groups excluding carboxylic acids is 2. The maximum Gasteiger partial charge on any atom is 0.332 e. The van der Waals surface area contributed by atoms with Gasteiger partial charge in [0.2, 0.25) is 0 Å². The zero-order chi connectivity index (χ0) is 18.4. The molecule has 1 aromatic rings. The maximum atomic E-state index is 13.2. The van der Waals surface area contributed by atoms with E-state index in [0.717, 1.165) is 18.2 Å². The molecule has 0 radical (unpaired) electrons. The fraction of sp³-hybridized carbons (Fsp3) is 0.500. The lowest BCUT2D eigenvalue weighted by molar-refractivity contribution is -0.148. The lowest BCUT2D eigenvalue weighted by atomic mass is 10.1. The van der Waals surface area contributed by atoms with Crippen LogP contribution in [0.2, 0.25) is 0 Å². The van der Waals surface area contributed by atoms with Crippen LogP contribution in [0.1, 0.15) is 19.4 Å². The maximum absolute atomic E-state index is 13.2. The number of alkyl halides is 1. The minimum atomic E-state index is -0.494. The van der Waals surface area contributed by atoms with E-state index in [0.29, 0.717) is 17.6 Å². The van der Waals surface area contributed by atoms with Crippen LogP contribution < -0.4 is 0 Å². The molecular weight excluding hydrogens is 437 g/mol. The van der Waals surface area contributed by atoms with Crippen molar-refractivity contribution in [3.8, 4) is 0 Å². The molecule has 0 bridgehead atoms. The molecular formula is C16H21F2IO5. The van der Waals surface area contributed by atoms with Crippen LogP contribution in [0.3, 0.4) is 0 Å². The number of esters is 2. The first-order chi connectivity index (χ1) is 11.4. The summed E-state index contributed by atoms with van der Waals surface area (Å²) in [5, 5.41) is 0. The topological polar surface area (TPSA) is 61.8 Å². The van der Waals surface area contributed by atoms with Crippen molar-refractivity contribution >= 4 is 34.5 Å². The van der Waals surface area contributed by atoms with Gasteiger partial charge in [-0.05, 0) is 44.0 Å². The van der Waals surface area contributed by atoms with Gasteiger partial charge in [0.25, 0.3) is 0 Å². The predicted molar refractivity (Wildman–Crippen MR) is 93.0 cm³/mol. The Labute approximate surface area is 153 Å². The Hall–Kier alpha value is -1.29. The van der Waals surface area contributed by atoms with E-state index < -0.39 is 17.6 Å². The summed E-state index contributed by atoms with van der Waals surface area (Å²) >= 11 is 1.96. The summed E-state index contributed by atoms with van der Waals surface area (Å²) in [4.78, 5) is 21.1. The van der Waals surface area contributed by atoms with Crippen molar-refractivity contribution < 1.29 is 32.6 Å². The zero-order valence-electron chi connectivity index (χ0n) is 13.6. The highest BCUT2D eigenvalue weighted by Crippen LogP contribution is 2.10. The van der Waals surface area contributed by atoms with Crippen LogP contribution in [0.25, 0.3) is 0 Å². The molecule has 0 fully saturated rings. The van der Waals surface area contributed by atoms with Gasteiger partial charge in [0.05, 0.1) is 24.2 Å². The van der Waals surface area contributed by atoms with Gasteiger partial charge in [0.1, 0.15) is 18.2 Å². The number of benzene rings is 1. The molecule has 0 atom stereocenters. The summed E-state index contributed by atoms with van der Waals surface area (Å²) in [6, 6.07) is 3.23. The highest BCUT2D eigenvalue weighted by molar-refractivity contribution is 14.1. The summed E-state index contributed by atoms with van der Waals surface area (Å²) in [7, 11) is 0. The van der Waals surface area contributed by atoms with Crippen LogP contribution >= 0.6 is 22.6 Å². The van der Waals surface area contributed by atoms with Gasteiger partial charge >= 0.3 is 11.9 Å². The van der Waals surface area contributed by atoms with E-state index in [9.17, 15) is 18.4 Å². The third-order valence-electron chi connectivity index (χ3n) is 2.46. The van der Waals surface area contributed by atoms with E-state index in [1.807, 2.05) is 22.6 Å². The molecule has 136 valence electrons. The summed E-state index contributed by atoms with van der Waals surface area (Å²) in [5.74, 6) is -1.58. The van der Waals surface area contributed by atoms with E-state index in [2.05, 4.69) is 9.47 Å². The lowest BCUT2D eigenvalue weighted by Crippen LogP contribution is -2.14. The van der Waals surface area contributed by atoms with Gasteiger partial charge in [0, 0.05) is 0 Å². The largest absolute Gasteiger partial charge is 0.465 e. The van der Waals surface area contributed by atoms with Gasteiger partial charge in [-0.25, -0.2) is 13.6 Å². The molecule has 1 rings (SSSR count). The Bertz CT molecular complexity index is 511. The molecule has 0 heterocycles. The monoisotopic (exact) mass is 458 g/mol. The van der Waals surface area contributed by atoms with Gasteiger partial charge in [-0.15, -0.1) is 0 Å². The molecule has 0 aliphatic rings. The second-order valence-corrected chi connectivity index (χ2v) is 5.04. The van der Waals surface area contributed by atoms with Crippen LogP contribution in [0.4, 0.5) is 8.78 Å². The van der Waals surface area contributed by atoms with Gasteiger partial charge in [-0.3, -0.25) is 4.79 Å². The number of carbonyl (C=O) groups is 2. The molecule has 1 aromatic carbocycles. The van der Waals surface area contributed by atoms with Crippen LogP contribution in [0, 0.1) is 11.6 Å². The number of rotatable bonds is 8. The fourth-order valence-electron chi connectivity index (χ4n) is 1.47. The first-order valence-corrected chi connectivity index (χ1v) is 8.85. The predicted octanol–water partition coefficient (Wildman–Crippen LogP) is 3.07. The molecule has 0 N–H and O–H groups in total. The van der Waals surface area contributed by atoms with Crippen molar-refractivity contribution in [3.05, 3.63) is 35.4 Å². The quantitative estimate of drug-likeness (QED) is 0.260. The van der Waals surface area contributed by atoms with Crippen LogP contribution in [0.5, 0.6) is 0 Å². The van der Waals surface area contributed by atoms with Crippen molar-refractivity contribution in [2.75, 3.05) is 30.9 Å². The standard InChI is InChI=1S/C12H14F2O3.C4H7IO2/c1-2-17-12(15)8-16-6-5-9-7-10(13)3-4-11(9)14;1-2-7-4(6)3-5/h3-4,7H,2,5-6,8H2,1H3;2-3H2,1H3. The van der Waals surface area contributed by atoms with E-state index >= 15 is 0 Å².